The molecule has 1 atom stereocenters. The van der Waals surface area contributed by atoms with Gasteiger partial charge in [0.25, 0.3) is 0 Å². The number of halogens is 2. The summed E-state index contributed by atoms with van der Waals surface area (Å²) in [4.78, 5) is 8.29. The second-order valence-electron chi connectivity index (χ2n) is 4.49. The Morgan fingerprint density at radius 2 is 2.14 bits per heavy atom. The van der Waals surface area contributed by atoms with Crippen molar-refractivity contribution in [1.29, 1.82) is 0 Å². The van der Waals surface area contributed by atoms with Crippen molar-refractivity contribution in [2.45, 2.75) is 13.0 Å². The molecule has 0 amide bonds. The number of rotatable bonds is 3. The third kappa shape index (κ3) is 2.84. The molecule has 0 spiro atoms. The summed E-state index contributed by atoms with van der Waals surface area (Å²) < 4.78 is 21.1. The molecule has 108 valence electrons. The number of thiazole rings is 1. The van der Waals surface area contributed by atoms with Crippen molar-refractivity contribution < 1.29 is 9.13 Å². The highest BCUT2D eigenvalue weighted by molar-refractivity contribution is 9.10. The summed E-state index contributed by atoms with van der Waals surface area (Å²) in [7, 11) is 0. The molecular weight excluding hydrogens is 357 g/mol. The van der Waals surface area contributed by atoms with Gasteiger partial charge in [0, 0.05) is 16.2 Å². The van der Waals surface area contributed by atoms with Gasteiger partial charge in [0.1, 0.15) is 11.9 Å². The van der Waals surface area contributed by atoms with E-state index in [1.807, 2.05) is 6.92 Å². The lowest BCUT2D eigenvalue weighted by Crippen LogP contribution is -2.07. The molecule has 3 aromatic rings. The lowest BCUT2D eigenvalue weighted by Gasteiger charge is -2.16. The Bertz CT molecular complexity index is 808. The zero-order valence-electron chi connectivity index (χ0n) is 11.0. The van der Waals surface area contributed by atoms with Gasteiger partial charge in [-0.1, -0.05) is 0 Å². The largest absolute Gasteiger partial charge is 0.482 e. The third-order valence-corrected chi connectivity index (χ3v) is 4.23. The molecule has 2 aromatic heterocycles. The lowest BCUT2D eigenvalue weighted by molar-refractivity contribution is 0.228. The summed E-state index contributed by atoms with van der Waals surface area (Å²) in [5.41, 5.74) is 8.92. The number of aromatic nitrogens is 2. The number of nitrogens with two attached hydrogens (primary N) is 1. The average molecular weight is 368 g/mol. The van der Waals surface area contributed by atoms with Crippen molar-refractivity contribution in [1.82, 2.24) is 9.97 Å². The number of nitrogens with zero attached hydrogens (tertiary/aromatic N) is 2. The quantitative estimate of drug-likeness (QED) is 0.748. The molecule has 0 saturated heterocycles. The van der Waals surface area contributed by atoms with Crippen LogP contribution >= 0.6 is 27.3 Å². The average Bonchev–Trinajstić information content (AvgIpc) is 2.89. The van der Waals surface area contributed by atoms with E-state index >= 15 is 0 Å². The Morgan fingerprint density at radius 3 is 2.95 bits per heavy atom. The maximum atomic E-state index is 13.7. The van der Waals surface area contributed by atoms with E-state index in [9.17, 15) is 4.39 Å². The van der Waals surface area contributed by atoms with Crippen LogP contribution in [0.15, 0.2) is 34.4 Å². The third-order valence-electron chi connectivity index (χ3n) is 3.02. The molecule has 0 radical (unpaired) electrons. The second kappa shape index (κ2) is 5.57. The summed E-state index contributed by atoms with van der Waals surface area (Å²) in [6.07, 6.45) is 1.19. The van der Waals surface area contributed by atoms with Gasteiger partial charge in [-0.2, -0.15) is 0 Å². The molecule has 0 fully saturated rings. The van der Waals surface area contributed by atoms with E-state index < -0.39 is 6.10 Å². The first-order valence-corrected chi connectivity index (χ1v) is 7.82. The highest BCUT2D eigenvalue weighted by Gasteiger charge is 2.16. The van der Waals surface area contributed by atoms with E-state index in [1.165, 1.54) is 23.5 Å². The molecule has 21 heavy (non-hydrogen) atoms. The van der Waals surface area contributed by atoms with Crippen LogP contribution in [0.25, 0.3) is 10.2 Å². The summed E-state index contributed by atoms with van der Waals surface area (Å²) >= 11 is 4.71. The van der Waals surface area contributed by atoms with Crippen LogP contribution in [0.2, 0.25) is 0 Å². The first-order valence-electron chi connectivity index (χ1n) is 6.15. The highest BCUT2D eigenvalue weighted by atomic mass is 79.9. The first kappa shape index (κ1) is 14.2. The summed E-state index contributed by atoms with van der Waals surface area (Å²) in [6.45, 7) is 1.83. The van der Waals surface area contributed by atoms with Crippen molar-refractivity contribution in [3.05, 3.63) is 45.8 Å². The predicted octanol–water partition coefficient (Wildman–Crippen LogP) is 4.32. The van der Waals surface area contributed by atoms with Crippen molar-refractivity contribution in [2.75, 3.05) is 5.73 Å². The normalized spacial score (nSPS) is 12.5. The van der Waals surface area contributed by atoms with Crippen LogP contribution in [-0.2, 0) is 0 Å². The van der Waals surface area contributed by atoms with Gasteiger partial charge in [0.2, 0.25) is 0 Å². The fourth-order valence-corrected chi connectivity index (χ4v) is 3.09. The molecule has 0 aliphatic rings. The molecule has 2 N–H and O–H groups in total. The Balaban J connectivity index is 1.99. The first-order chi connectivity index (χ1) is 10.0. The minimum atomic E-state index is -0.399. The number of benzene rings is 1. The Kier molecular flexibility index (Phi) is 3.77. The van der Waals surface area contributed by atoms with Crippen LogP contribution in [0.1, 0.15) is 18.6 Å². The molecule has 7 heteroatoms. The van der Waals surface area contributed by atoms with Crippen LogP contribution in [0.3, 0.4) is 0 Å². The monoisotopic (exact) mass is 367 g/mol. The Labute approximate surface area is 132 Å². The van der Waals surface area contributed by atoms with Crippen molar-refractivity contribution in [3.8, 4) is 5.75 Å². The van der Waals surface area contributed by atoms with Crippen LogP contribution in [0.5, 0.6) is 5.75 Å². The number of pyridine rings is 1. The summed E-state index contributed by atoms with van der Waals surface area (Å²) in [6, 6.07) is 4.64. The fraction of sp³-hybridized carbons (Fsp3) is 0.143. The van der Waals surface area contributed by atoms with Crippen molar-refractivity contribution in [3.63, 3.8) is 0 Å². The molecule has 4 nitrogen and oxygen atoms in total. The van der Waals surface area contributed by atoms with Crippen LogP contribution < -0.4 is 10.5 Å². The number of fused-ring (bicyclic) bond motifs is 1. The van der Waals surface area contributed by atoms with Gasteiger partial charge in [-0.25, -0.2) is 14.4 Å². The Hall–Kier alpha value is -1.73. The van der Waals surface area contributed by atoms with E-state index in [-0.39, 0.29) is 11.6 Å². The molecule has 0 aliphatic heterocycles. The van der Waals surface area contributed by atoms with E-state index in [2.05, 4.69) is 25.9 Å². The van der Waals surface area contributed by atoms with E-state index in [0.29, 0.717) is 11.3 Å². The van der Waals surface area contributed by atoms with Gasteiger partial charge in [-0.3, -0.25) is 0 Å². The van der Waals surface area contributed by atoms with E-state index in [1.54, 1.807) is 17.8 Å². The van der Waals surface area contributed by atoms with E-state index in [4.69, 9.17) is 10.5 Å². The lowest BCUT2D eigenvalue weighted by atomic mass is 10.1. The molecule has 2 heterocycles. The standard InChI is InChI=1S/C14H11BrFN3OS/c1-7(20-11-2-8(15)5-18-14(11)17)10-3-9(16)4-12-13(10)19-6-21-12/h2-7H,1H3,(H2,17,18). The van der Waals surface area contributed by atoms with Crippen LogP contribution in [-0.4, -0.2) is 9.97 Å². The maximum absolute atomic E-state index is 13.7. The van der Waals surface area contributed by atoms with Gasteiger partial charge in [0.05, 0.1) is 15.7 Å². The topological polar surface area (TPSA) is 61.0 Å². The fourth-order valence-electron chi connectivity index (χ4n) is 2.05. The van der Waals surface area contributed by atoms with Crippen molar-refractivity contribution in [2.24, 2.45) is 0 Å². The van der Waals surface area contributed by atoms with Crippen molar-refractivity contribution >= 4 is 43.3 Å². The van der Waals surface area contributed by atoms with Gasteiger partial charge < -0.3 is 10.5 Å². The molecule has 1 aromatic carbocycles. The number of ether oxygens (including phenoxy) is 1. The number of hydrogen-bond donors (Lipinski definition) is 1. The Morgan fingerprint density at radius 1 is 1.33 bits per heavy atom. The molecule has 0 saturated carbocycles. The van der Waals surface area contributed by atoms with Crippen LogP contribution in [0.4, 0.5) is 10.2 Å². The number of hydrogen-bond acceptors (Lipinski definition) is 5. The summed E-state index contributed by atoms with van der Waals surface area (Å²) in [5.74, 6) is 0.429. The maximum Gasteiger partial charge on any atom is 0.166 e. The van der Waals surface area contributed by atoms with Gasteiger partial charge >= 0.3 is 0 Å². The highest BCUT2D eigenvalue weighted by Crippen LogP contribution is 2.32. The minimum absolute atomic E-state index is 0.288. The van der Waals surface area contributed by atoms with Gasteiger partial charge in [-0.15, -0.1) is 11.3 Å². The number of anilines is 1. The van der Waals surface area contributed by atoms with E-state index in [0.717, 1.165) is 14.7 Å². The van der Waals surface area contributed by atoms with Gasteiger partial charge in [-0.05, 0) is 41.1 Å². The predicted molar refractivity (Wildman–Crippen MR) is 85.0 cm³/mol. The number of nitrogen functional groups attached to an aromatic ring is 1. The van der Waals surface area contributed by atoms with Crippen LogP contribution in [0, 0.1) is 5.82 Å². The molecule has 3 rings (SSSR count). The molecule has 0 bridgehead atoms. The molecule has 0 aliphatic carbocycles. The minimum Gasteiger partial charge on any atom is -0.482 e. The summed E-state index contributed by atoms with van der Waals surface area (Å²) in [5, 5.41) is 0. The molecular formula is C14H11BrFN3OS. The smallest absolute Gasteiger partial charge is 0.166 e. The van der Waals surface area contributed by atoms with Gasteiger partial charge in [0.15, 0.2) is 11.6 Å². The SMILES string of the molecule is CC(Oc1cc(Br)cnc1N)c1cc(F)cc2scnc12. The molecule has 1 unspecified atom stereocenters. The zero-order valence-corrected chi connectivity index (χ0v) is 13.4. The second-order valence-corrected chi connectivity index (χ2v) is 6.29. The zero-order chi connectivity index (χ0) is 15.0.